The summed E-state index contributed by atoms with van der Waals surface area (Å²) in [5.41, 5.74) is 0.196. The molecule has 9 nitrogen and oxygen atoms in total. The van der Waals surface area contributed by atoms with E-state index in [2.05, 4.69) is 10.6 Å². The molecule has 13 heteroatoms. The van der Waals surface area contributed by atoms with Crippen molar-refractivity contribution in [3.05, 3.63) is 87.7 Å². The topological polar surface area (TPSA) is 131 Å². The van der Waals surface area contributed by atoms with E-state index in [-0.39, 0.29) is 18.1 Å². The molecule has 3 atom stereocenters. The molecular formula is C30H30BClFN3O6S. The Morgan fingerprint density at radius 1 is 1.12 bits per heavy atom. The molecule has 5 rings (SSSR count). The van der Waals surface area contributed by atoms with Crippen LogP contribution in [0.3, 0.4) is 0 Å². The van der Waals surface area contributed by atoms with Gasteiger partial charge in [-0.25, -0.2) is 17.5 Å². The van der Waals surface area contributed by atoms with Crippen LogP contribution >= 0.6 is 11.6 Å². The minimum atomic E-state index is -3.88. The Morgan fingerprint density at radius 3 is 2.53 bits per heavy atom. The van der Waals surface area contributed by atoms with Crippen LogP contribution in [0.2, 0.25) is 5.02 Å². The first-order valence-electron chi connectivity index (χ1n) is 13.5. The number of rotatable bonds is 6. The number of amides is 3. The quantitative estimate of drug-likeness (QED) is 0.361. The summed E-state index contributed by atoms with van der Waals surface area (Å²) in [6, 6.07) is 13.4. The highest BCUT2D eigenvalue weighted by Gasteiger charge is 2.62. The number of benzene rings is 3. The summed E-state index contributed by atoms with van der Waals surface area (Å²) in [6.45, 7) is 4.61. The van der Waals surface area contributed by atoms with E-state index in [0.717, 1.165) is 11.7 Å². The van der Waals surface area contributed by atoms with E-state index in [4.69, 9.17) is 16.3 Å². The van der Waals surface area contributed by atoms with Crippen molar-refractivity contribution >= 4 is 58.3 Å². The SMILES string of the molecule is Bc1ccc(OC(C)(C)C(=O)NS(C)(=O)=O)c([C@H]2CC(=O)N[C@@H](c3cc(F)ccc3C)[C@]23C(=O)Nc2cc(Cl)ccc23)c1. The van der Waals surface area contributed by atoms with Gasteiger partial charge in [-0.1, -0.05) is 41.3 Å². The van der Waals surface area contributed by atoms with Gasteiger partial charge >= 0.3 is 0 Å². The third-order valence-electron chi connectivity index (χ3n) is 8.03. The van der Waals surface area contributed by atoms with Crippen LogP contribution in [0.15, 0.2) is 54.6 Å². The molecule has 0 saturated carbocycles. The molecule has 1 spiro atoms. The molecule has 43 heavy (non-hydrogen) atoms. The Bertz CT molecular complexity index is 1800. The molecule has 3 aromatic rings. The predicted octanol–water partition coefficient (Wildman–Crippen LogP) is 2.51. The van der Waals surface area contributed by atoms with Crippen LogP contribution in [0.25, 0.3) is 0 Å². The van der Waals surface area contributed by atoms with Crippen molar-refractivity contribution in [1.29, 1.82) is 0 Å². The molecule has 0 aromatic heterocycles. The zero-order valence-electron chi connectivity index (χ0n) is 24.2. The Labute approximate surface area is 255 Å². The lowest BCUT2D eigenvalue weighted by Gasteiger charge is -2.47. The first kappa shape index (κ1) is 30.6. The lowest BCUT2D eigenvalue weighted by atomic mass is 9.58. The van der Waals surface area contributed by atoms with Crippen molar-refractivity contribution in [2.24, 2.45) is 0 Å². The smallest absolute Gasteiger partial charge is 0.277 e. The fourth-order valence-electron chi connectivity index (χ4n) is 6.09. The number of hydrogen-bond acceptors (Lipinski definition) is 6. The van der Waals surface area contributed by atoms with Gasteiger partial charge in [-0.05, 0) is 73.4 Å². The van der Waals surface area contributed by atoms with E-state index < -0.39 is 50.6 Å². The number of hydrogen-bond donors (Lipinski definition) is 3. The highest BCUT2D eigenvalue weighted by atomic mass is 35.5. The van der Waals surface area contributed by atoms with Crippen molar-refractivity contribution in [2.45, 2.75) is 50.2 Å². The number of anilines is 1. The highest BCUT2D eigenvalue weighted by molar-refractivity contribution is 7.89. The normalized spacial score (nSPS) is 21.6. The summed E-state index contributed by atoms with van der Waals surface area (Å²) < 4.78 is 46.4. The summed E-state index contributed by atoms with van der Waals surface area (Å²) in [5, 5.41) is 6.30. The van der Waals surface area contributed by atoms with Crippen molar-refractivity contribution in [3.8, 4) is 5.75 Å². The maximum absolute atomic E-state index is 14.7. The summed E-state index contributed by atoms with van der Waals surface area (Å²) in [6.07, 6.45) is 0.718. The standard InChI is InChI=1S/C30H30BClFN3O6S/c1-15-5-8-18(33)13-19(15)26-30(21-9-7-17(32)12-23(21)34-28(30)39)22(14-25(37)35-26)20-11-16(31)6-10-24(20)42-29(2,3)27(38)36-43(4,40)41/h5-13,22,26H,14,31H2,1-4H3,(H,34,39)(H,35,37)(H,36,38)/t22-,26+,30-/m1/s1. The van der Waals surface area contributed by atoms with Gasteiger partial charge in [0, 0.05) is 23.0 Å². The molecule has 2 heterocycles. The Kier molecular flexibility index (Phi) is 7.59. The average Bonchev–Trinajstić information content (AvgIpc) is 3.17. The third-order valence-corrected chi connectivity index (χ3v) is 8.83. The van der Waals surface area contributed by atoms with Gasteiger partial charge in [-0.15, -0.1) is 0 Å². The lowest BCUT2D eigenvalue weighted by molar-refractivity contribution is -0.133. The fourth-order valence-corrected chi connectivity index (χ4v) is 6.84. The van der Waals surface area contributed by atoms with Gasteiger partial charge in [0.25, 0.3) is 5.91 Å². The Morgan fingerprint density at radius 2 is 1.84 bits per heavy atom. The van der Waals surface area contributed by atoms with Crippen LogP contribution in [-0.4, -0.2) is 45.8 Å². The van der Waals surface area contributed by atoms with Gasteiger partial charge in [-0.2, -0.15) is 0 Å². The van der Waals surface area contributed by atoms with E-state index in [1.807, 2.05) is 12.6 Å². The number of sulfonamides is 1. The van der Waals surface area contributed by atoms with E-state index in [0.29, 0.717) is 33.0 Å². The fraction of sp³-hybridized carbons (Fsp3) is 0.300. The number of ether oxygens (including phenoxy) is 1. The molecule has 2 aliphatic rings. The molecule has 3 N–H and O–H groups in total. The largest absolute Gasteiger partial charge is 0.478 e. The Balaban J connectivity index is 1.76. The first-order chi connectivity index (χ1) is 20.0. The van der Waals surface area contributed by atoms with E-state index in [9.17, 15) is 27.2 Å². The molecule has 1 fully saturated rings. The molecule has 0 aliphatic carbocycles. The maximum Gasteiger partial charge on any atom is 0.277 e. The predicted molar refractivity (Wildman–Crippen MR) is 163 cm³/mol. The molecule has 0 radical (unpaired) electrons. The number of carbonyl (C=O) groups excluding carboxylic acids is 3. The summed E-state index contributed by atoms with van der Waals surface area (Å²) >= 11 is 6.30. The number of piperidine rings is 1. The second kappa shape index (κ2) is 10.7. The maximum atomic E-state index is 14.7. The monoisotopic (exact) mass is 625 g/mol. The highest BCUT2D eigenvalue weighted by Crippen LogP contribution is 2.59. The van der Waals surface area contributed by atoms with Crippen LogP contribution in [0.1, 0.15) is 54.5 Å². The van der Waals surface area contributed by atoms with Gasteiger partial charge < -0.3 is 15.4 Å². The molecule has 224 valence electrons. The van der Waals surface area contributed by atoms with Crippen molar-refractivity contribution in [2.75, 3.05) is 11.6 Å². The zero-order chi connectivity index (χ0) is 31.5. The van der Waals surface area contributed by atoms with Gasteiger partial charge in [-0.3, -0.25) is 14.4 Å². The van der Waals surface area contributed by atoms with Crippen molar-refractivity contribution < 1.29 is 31.9 Å². The minimum absolute atomic E-state index is 0.143. The molecule has 3 aromatic carbocycles. The molecule has 1 saturated heterocycles. The van der Waals surface area contributed by atoms with Gasteiger partial charge in [0.05, 0.1) is 12.3 Å². The van der Waals surface area contributed by atoms with Crippen LogP contribution in [-0.2, 0) is 29.8 Å². The Hall–Kier alpha value is -3.90. The molecular weight excluding hydrogens is 596 g/mol. The number of nitrogens with one attached hydrogen (secondary N) is 3. The van der Waals surface area contributed by atoms with E-state index in [1.54, 1.807) is 49.4 Å². The zero-order valence-corrected chi connectivity index (χ0v) is 25.7. The van der Waals surface area contributed by atoms with Crippen LogP contribution in [0.4, 0.5) is 10.1 Å². The second-order valence-corrected chi connectivity index (χ2v) is 13.8. The van der Waals surface area contributed by atoms with Gasteiger partial charge in [0.1, 0.15) is 24.8 Å². The number of fused-ring (bicyclic) bond motifs is 2. The number of carbonyl (C=O) groups is 3. The average molecular weight is 626 g/mol. The van der Waals surface area contributed by atoms with Gasteiger partial charge in [0.15, 0.2) is 5.60 Å². The number of halogens is 2. The van der Waals surface area contributed by atoms with E-state index >= 15 is 0 Å². The summed E-state index contributed by atoms with van der Waals surface area (Å²) in [5.74, 6) is -2.90. The minimum Gasteiger partial charge on any atom is -0.478 e. The van der Waals surface area contributed by atoms with Gasteiger partial charge in [0.2, 0.25) is 21.8 Å². The van der Waals surface area contributed by atoms with E-state index in [1.165, 1.54) is 26.0 Å². The molecule has 3 amide bonds. The number of aryl methyl sites for hydroxylation is 1. The van der Waals surface area contributed by atoms with Crippen LogP contribution in [0, 0.1) is 12.7 Å². The second-order valence-electron chi connectivity index (χ2n) is 11.6. The van der Waals surface area contributed by atoms with Crippen molar-refractivity contribution in [1.82, 2.24) is 10.0 Å². The lowest BCUT2D eigenvalue weighted by Crippen LogP contribution is -2.57. The van der Waals surface area contributed by atoms with Crippen LogP contribution < -0.4 is 25.6 Å². The molecule has 0 bridgehead atoms. The summed E-state index contributed by atoms with van der Waals surface area (Å²) in [7, 11) is -2.04. The third kappa shape index (κ3) is 5.49. The van der Waals surface area contributed by atoms with Crippen molar-refractivity contribution in [3.63, 3.8) is 0 Å². The van der Waals surface area contributed by atoms with Crippen LogP contribution in [0.5, 0.6) is 5.75 Å². The molecule has 2 aliphatic heterocycles. The molecule has 0 unspecified atom stereocenters. The first-order valence-corrected chi connectivity index (χ1v) is 15.8. The summed E-state index contributed by atoms with van der Waals surface area (Å²) in [4.78, 5) is 40.7.